The van der Waals surface area contributed by atoms with Crippen molar-refractivity contribution >= 4 is 11.7 Å². The fourth-order valence-corrected chi connectivity index (χ4v) is 6.96. The van der Waals surface area contributed by atoms with Crippen LogP contribution in [0.2, 0.25) is 0 Å². The lowest BCUT2D eigenvalue weighted by Crippen LogP contribution is -2.62. The summed E-state index contributed by atoms with van der Waals surface area (Å²) in [6, 6.07) is 4.48. The normalized spacial score (nSPS) is 16.9. The first-order valence-electron chi connectivity index (χ1n) is 16.8. The molecule has 0 radical (unpaired) electrons. The van der Waals surface area contributed by atoms with Gasteiger partial charge in [0.1, 0.15) is 17.9 Å². The van der Waals surface area contributed by atoms with Crippen LogP contribution in [-0.4, -0.2) is 128 Å². The van der Waals surface area contributed by atoms with Gasteiger partial charge in [-0.3, -0.25) is 14.6 Å². The molecule has 1 atom stereocenters. The number of nitrogens with zero attached hydrogens (tertiary/aromatic N) is 7. The molecule has 46 heavy (non-hydrogen) atoms. The summed E-state index contributed by atoms with van der Waals surface area (Å²) in [7, 11) is 3.50. The number of carbonyl (C=O) groups is 1. The van der Waals surface area contributed by atoms with Crippen LogP contribution in [0.25, 0.3) is 0 Å². The van der Waals surface area contributed by atoms with Gasteiger partial charge in [0, 0.05) is 77.5 Å². The van der Waals surface area contributed by atoms with Gasteiger partial charge in [0.15, 0.2) is 5.82 Å². The molecule has 1 spiro atoms. The molecule has 4 rings (SSSR count). The van der Waals surface area contributed by atoms with Crippen LogP contribution in [0, 0.1) is 17.2 Å². The molecule has 2 aliphatic rings. The summed E-state index contributed by atoms with van der Waals surface area (Å²) in [4.78, 5) is 26.9. The number of ether oxygens (including phenoxy) is 3. The average molecular weight is 644 g/mol. The predicted molar refractivity (Wildman–Crippen MR) is 177 cm³/mol. The molecule has 1 aromatic heterocycles. The number of hydrogen-bond donors (Lipinski definition) is 0. The fourth-order valence-electron chi connectivity index (χ4n) is 6.96. The number of likely N-dealkylation sites (tertiary alicyclic amines) is 1. The highest BCUT2D eigenvalue weighted by Crippen LogP contribution is 2.44. The standard InChI is InChI=1S/C34H54FN7O4/c1-8-42(26(4)5)33(43)28-20-27(35)11-12-30(28)46-32-31(36-24-37-38-32)40-15-13-34(21-40)22-41(23-34)29(25(2)3)10-9-14-39(16-18-44-6)17-19-45-7/h11-12,20,24-26,29H,8-10,13-19,21-23H2,1-7H3/t29-/m1/s1. The van der Waals surface area contributed by atoms with E-state index in [1.165, 1.54) is 24.5 Å². The van der Waals surface area contributed by atoms with Gasteiger partial charge < -0.3 is 24.0 Å². The molecule has 3 heterocycles. The summed E-state index contributed by atoms with van der Waals surface area (Å²) in [5, 5.41) is 8.23. The number of halogens is 1. The summed E-state index contributed by atoms with van der Waals surface area (Å²) in [5.41, 5.74) is 0.341. The highest BCUT2D eigenvalue weighted by Gasteiger charge is 2.50. The Hall–Kier alpha value is -2.93. The number of anilines is 1. The number of methoxy groups -OCH3 is 2. The molecule has 1 amide bonds. The SMILES string of the molecule is CCN(C(=O)c1cc(F)ccc1Oc1nncnc1N1CCC2(C1)CN([C@H](CCCN(CCOC)CCOC)C(C)C)C2)C(C)C. The van der Waals surface area contributed by atoms with Crippen molar-refractivity contribution in [2.45, 2.75) is 66.0 Å². The molecule has 12 heteroatoms. The van der Waals surface area contributed by atoms with Crippen LogP contribution >= 0.6 is 0 Å². The quantitative estimate of drug-likeness (QED) is 0.230. The van der Waals surface area contributed by atoms with E-state index in [9.17, 15) is 9.18 Å². The van der Waals surface area contributed by atoms with Crippen molar-refractivity contribution in [3.63, 3.8) is 0 Å². The molecule has 2 aromatic rings. The minimum atomic E-state index is -0.502. The Morgan fingerprint density at radius 2 is 1.78 bits per heavy atom. The van der Waals surface area contributed by atoms with Gasteiger partial charge in [-0.2, -0.15) is 0 Å². The lowest BCUT2D eigenvalue weighted by atomic mass is 9.76. The number of carbonyl (C=O) groups excluding carboxylic acids is 1. The van der Waals surface area contributed by atoms with Crippen LogP contribution in [0.1, 0.15) is 64.2 Å². The van der Waals surface area contributed by atoms with Crippen molar-refractivity contribution in [3.05, 3.63) is 35.9 Å². The highest BCUT2D eigenvalue weighted by atomic mass is 19.1. The maximum atomic E-state index is 14.3. The van der Waals surface area contributed by atoms with Crippen molar-refractivity contribution in [3.8, 4) is 11.6 Å². The van der Waals surface area contributed by atoms with Gasteiger partial charge >= 0.3 is 0 Å². The molecular formula is C34H54FN7O4. The van der Waals surface area contributed by atoms with Gasteiger partial charge in [-0.1, -0.05) is 13.8 Å². The van der Waals surface area contributed by atoms with Crippen LogP contribution in [0.5, 0.6) is 11.6 Å². The lowest BCUT2D eigenvalue weighted by Gasteiger charge is -2.53. The maximum Gasteiger partial charge on any atom is 0.282 e. The number of aromatic nitrogens is 3. The minimum Gasteiger partial charge on any atom is -0.434 e. The molecule has 0 N–H and O–H groups in total. The van der Waals surface area contributed by atoms with Crippen LogP contribution in [-0.2, 0) is 9.47 Å². The molecule has 0 unspecified atom stereocenters. The summed E-state index contributed by atoms with van der Waals surface area (Å²) in [5.74, 6) is 0.822. The Kier molecular flexibility index (Phi) is 13.1. The van der Waals surface area contributed by atoms with Gasteiger partial charge in [-0.15, -0.1) is 10.2 Å². The number of rotatable bonds is 18. The summed E-state index contributed by atoms with van der Waals surface area (Å²) in [6.45, 7) is 19.1. The van der Waals surface area contributed by atoms with E-state index < -0.39 is 5.82 Å². The third-order valence-corrected chi connectivity index (χ3v) is 9.43. The molecule has 11 nitrogen and oxygen atoms in total. The zero-order chi connectivity index (χ0) is 33.3. The van der Waals surface area contributed by atoms with E-state index >= 15 is 0 Å². The van der Waals surface area contributed by atoms with E-state index in [2.05, 4.69) is 43.7 Å². The van der Waals surface area contributed by atoms with Gasteiger partial charge in [-0.25, -0.2) is 9.37 Å². The molecule has 0 saturated carbocycles. The van der Waals surface area contributed by atoms with Crippen LogP contribution in [0.3, 0.4) is 0 Å². The van der Waals surface area contributed by atoms with E-state index in [4.69, 9.17) is 14.2 Å². The van der Waals surface area contributed by atoms with Gasteiger partial charge in [0.05, 0.1) is 18.8 Å². The van der Waals surface area contributed by atoms with Gasteiger partial charge in [0.25, 0.3) is 11.8 Å². The van der Waals surface area contributed by atoms with Crippen molar-refractivity contribution in [2.75, 3.05) is 84.7 Å². The van der Waals surface area contributed by atoms with Crippen molar-refractivity contribution in [2.24, 2.45) is 11.3 Å². The molecule has 2 saturated heterocycles. The van der Waals surface area contributed by atoms with Crippen molar-refractivity contribution < 1.29 is 23.4 Å². The summed E-state index contributed by atoms with van der Waals surface area (Å²) in [6.07, 6.45) is 4.78. The molecule has 2 fully saturated rings. The first-order valence-corrected chi connectivity index (χ1v) is 16.8. The highest BCUT2D eigenvalue weighted by molar-refractivity contribution is 5.97. The maximum absolute atomic E-state index is 14.3. The van der Waals surface area contributed by atoms with E-state index in [1.54, 1.807) is 19.1 Å². The third-order valence-electron chi connectivity index (χ3n) is 9.43. The first-order chi connectivity index (χ1) is 22.1. The number of hydrogen-bond acceptors (Lipinski definition) is 10. The Morgan fingerprint density at radius 1 is 1.07 bits per heavy atom. The summed E-state index contributed by atoms with van der Waals surface area (Å²) >= 11 is 0. The topological polar surface area (TPSA) is 96.4 Å². The van der Waals surface area contributed by atoms with E-state index in [0.717, 1.165) is 78.3 Å². The van der Waals surface area contributed by atoms with Gasteiger partial charge in [0.2, 0.25) is 0 Å². The third kappa shape index (κ3) is 8.90. The van der Waals surface area contributed by atoms with Crippen molar-refractivity contribution in [1.29, 1.82) is 0 Å². The van der Waals surface area contributed by atoms with Crippen LogP contribution < -0.4 is 9.64 Å². The lowest BCUT2D eigenvalue weighted by molar-refractivity contribution is -0.0347. The zero-order valence-corrected chi connectivity index (χ0v) is 28.9. The molecule has 1 aromatic carbocycles. The van der Waals surface area contributed by atoms with Crippen molar-refractivity contribution in [1.82, 2.24) is 29.9 Å². The Labute approximate surface area is 274 Å². The molecule has 256 valence electrons. The second kappa shape index (κ2) is 16.8. The van der Waals surface area contributed by atoms with E-state index in [1.807, 2.05) is 20.8 Å². The largest absolute Gasteiger partial charge is 0.434 e. The monoisotopic (exact) mass is 643 g/mol. The van der Waals surface area contributed by atoms with Crippen LogP contribution in [0.15, 0.2) is 24.5 Å². The number of amides is 1. The van der Waals surface area contributed by atoms with Gasteiger partial charge in [-0.05, 0) is 70.7 Å². The smallest absolute Gasteiger partial charge is 0.282 e. The second-order valence-corrected chi connectivity index (χ2v) is 13.4. The molecule has 0 aliphatic carbocycles. The predicted octanol–water partition coefficient (Wildman–Crippen LogP) is 4.59. The Morgan fingerprint density at radius 3 is 2.41 bits per heavy atom. The molecular weight excluding hydrogens is 589 g/mol. The first kappa shape index (κ1) is 35.9. The summed E-state index contributed by atoms with van der Waals surface area (Å²) < 4.78 is 31.1. The minimum absolute atomic E-state index is 0.0445. The fraction of sp³-hybridized carbons (Fsp3) is 0.706. The second-order valence-electron chi connectivity index (χ2n) is 13.4. The zero-order valence-electron chi connectivity index (χ0n) is 28.9. The molecule has 2 aliphatic heterocycles. The molecule has 0 bridgehead atoms. The Bertz CT molecular complexity index is 1250. The van der Waals surface area contributed by atoms with E-state index in [-0.39, 0.29) is 34.6 Å². The average Bonchev–Trinajstić information content (AvgIpc) is 3.46. The number of benzene rings is 1. The Balaban J connectivity index is 1.40. The van der Waals surface area contributed by atoms with Crippen LogP contribution in [0.4, 0.5) is 10.2 Å². The van der Waals surface area contributed by atoms with E-state index in [0.29, 0.717) is 24.3 Å².